The number of hydrogen-bond donors (Lipinski definition) is 1. The smallest absolute Gasteiger partial charge is 0.246 e. The quantitative estimate of drug-likeness (QED) is 0.304. The van der Waals surface area contributed by atoms with Crippen LogP contribution in [0.25, 0.3) is 0 Å². The van der Waals surface area contributed by atoms with Crippen LogP contribution in [0.3, 0.4) is 0 Å². The molecule has 0 spiro atoms. The van der Waals surface area contributed by atoms with Gasteiger partial charge in [-0.1, -0.05) is 11.2 Å². The van der Waals surface area contributed by atoms with E-state index in [0.717, 1.165) is 45.4 Å². The van der Waals surface area contributed by atoms with Crippen molar-refractivity contribution in [2.45, 2.75) is 31.7 Å². The first-order valence-corrected chi connectivity index (χ1v) is 11.4. The predicted molar refractivity (Wildman–Crippen MR) is 119 cm³/mol. The van der Waals surface area contributed by atoms with E-state index in [-0.39, 0.29) is 35.4 Å². The van der Waals surface area contributed by atoms with Crippen molar-refractivity contribution < 1.29 is 19.2 Å². The molecule has 7 nitrogen and oxygen atoms in total. The summed E-state index contributed by atoms with van der Waals surface area (Å²) in [4.78, 5) is 31.6. The molecular weight excluding hydrogens is 411 g/mol. The Balaban J connectivity index is 1.23. The van der Waals surface area contributed by atoms with Gasteiger partial charge in [0.2, 0.25) is 5.91 Å². The highest BCUT2D eigenvalue weighted by Gasteiger charge is 2.41. The van der Waals surface area contributed by atoms with Gasteiger partial charge in [-0.25, -0.2) is 4.39 Å². The molecule has 1 aromatic carbocycles. The van der Waals surface area contributed by atoms with Crippen LogP contribution >= 0.6 is 0 Å². The van der Waals surface area contributed by atoms with E-state index in [0.29, 0.717) is 24.2 Å². The number of Topliss-reactive ketones (excluding diaryl/α,β-unsaturated/α-hetero) is 1. The fourth-order valence-electron chi connectivity index (χ4n) is 5.04. The van der Waals surface area contributed by atoms with E-state index in [4.69, 9.17) is 0 Å². The number of likely N-dealkylation sites (tertiary alicyclic amines) is 2. The van der Waals surface area contributed by atoms with Crippen molar-refractivity contribution in [3.63, 3.8) is 0 Å². The Morgan fingerprint density at radius 2 is 1.94 bits per heavy atom. The molecule has 4 rings (SSSR count). The molecule has 1 N–H and O–H groups in total. The molecule has 2 fully saturated rings. The van der Waals surface area contributed by atoms with Gasteiger partial charge >= 0.3 is 0 Å². The van der Waals surface area contributed by atoms with Gasteiger partial charge in [0.05, 0.1) is 5.71 Å². The summed E-state index contributed by atoms with van der Waals surface area (Å²) in [6.07, 6.45) is 7.27. The van der Waals surface area contributed by atoms with Crippen LogP contribution in [0.15, 0.2) is 41.7 Å². The molecule has 1 aromatic rings. The lowest BCUT2D eigenvalue weighted by molar-refractivity contribution is -0.134. The number of rotatable bonds is 7. The fourth-order valence-corrected chi connectivity index (χ4v) is 5.04. The monoisotopic (exact) mass is 442 g/mol. The third kappa shape index (κ3) is 4.70. The first-order valence-electron chi connectivity index (χ1n) is 11.4. The van der Waals surface area contributed by atoms with E-state index < -0.39 is 0 Å². The van der Waals surface area contributed by atoms with Gasteiger partial charge in [0, 0.05) is 50.5 Å². The number of halogens is 1. The zero-order valence-corrected chi connectivity index (χ0v) is 18.5. The Hall–Kier alpha value is -2.74. The van der Waals surface area contributed by atoms with E-state index in [1.165, 1.54) is 12.1 Å². The lowest BCUT2D eigenvalue weighted by Gasteiger charge is -2.29. The van der Waals surface area contributed by atoms with Gasteiger partial charge in [-0.05, 0) is 62.8 Å². The molecule has 2 saturated heterocycles. The number of amides is 1. The zero-order valence-electron chi connectivity index (χ0n) is 18.5. The number of hydrogen-bond acceptors (Lipinski definition) is 6. The Labute approximate surface area is 188 Å². The molecule has 3 aliphatic rings. The lowest BCUT2D eigenvalue weighted by atomic mass is 9.95. The molecule has 3 unspecified atom stereocenters. The third-order valence-electron chi connectivity index (χ3n) is 6.94. The molecule has 3 aliphatic heterocycles. The summed E-state index contributed by atoms with van der Waals surface area (Å²) in [7, 11) is 1.80. The molecule has 1 amide bonds. The highest BCUT2D eigenvalue weighted by atomic mass is 19.1. The first kappa shape index (κ1) is 22.5. The molecule has 172 valence electrons. The predicted octanol–water partition coefficient (Wildman–Crippen LogP) is 2.62. The second-order valence-electron chi connectivity index (χ2n) is 9.02. The van der Waals surface area contributed by atoms with Crippen molar-refractivity contribution >= 4 is 17.4 Å². The fraction of sp³-hybridized carbons (Fsp3) is 0.542. The van der Waals surface area contributed by atoms with E-state index in [1.807, 2.05) is 12.3 Å². The zero-order chi connectivity index (χ0) is 22.7. The Morgan fingerprint density at radius 1 is 1.19 bits per heavy atom. The summed E-state index contributed by atoms with van der Waals surface area (Å²) in [5.41, 5.74) is 1.25. The molecular formula is C24H31FN4O3. The maximum atomic E-state index is 13.1. The number of fused-ring (bicyclic) bond motifs is 1. The summed E-state index contributed by atoms with van der Waals surface area (Å²) < 4.78 is 13.1. The summed E-state index contributed by atoms with van der Waals surface area (Å²) >= 11 is 0. The minimum absolute atomic E-state index is 0.0296. The topological polar surface area (TPSA) is 76.5 Å². The highest BCUT2D eigenvalue weighted by molar-refractivity contribution is 5.98. The Kier molecular flexibility index (Phi) is 6.89. The van der Waals surface area contributed by atoms with Crippen molar-refractivity contribution in [1.29, 1.82) is 0 Å². The summed E-state index contributed by atoms with van der Waals surface area (Å²) in [6.45, 7) is 3.88. The van der Waals surface area contributed by atoms with Crippen LogP contribution in [0.4, 0.5) is 4.39 Å². The lowest BCUT2D eigenvalue weighted by Crippen LogP contribution is -2.46. The Morgan fingerprint density at radius 3 is 2.69 bits per heavy atom. The minimum atomic E-state index is -0.328. The first-order chi connectivity index (χ1) is 15.5. The molecule has 3 heterocycles. The number of carbonyl (C=O) groups excluding carboxylic acids is 2. The molecule has 0 radical (unpaired) electrons. The van der Waals surface area contributed by atoms with Crippen LogP contribution < -0.4 is 0 Å². The van der Waals surface area contributed by atoms with Gasteiger partial charge in [-0.2, -0.15) is 0 Å². The maximum absolute atomic E-state index is 13.1. The minimum Gasteiger partial charge on any atom is -0.411 e. The van der Waals surface area contributed by atoms with E-state index in [1.54, 1.807) is 24.1 Å². The molecule has 0 saturated carbocycles. The van der Waals surface area contributed by atoms with Crippen molar-refractivity contribution in [2.24, 2.45) is 17.0 Å². The average Bonchev–Trinajstić information content (AvgIpc) is 3.41. The normalized spacial score (nSPS) is 27.2. The van der Waals surface area contributed by atoms with Gasteiger partial charge in [0.15, 0.2) is 5.78 Å². The van der Waals surface area contributed by atoms with E-state index >= 15 is 0 Å². The number of ketones is 1. The van der Waals surface area contributed by atoms with Crippen LogP contribution in [0.1, 0.15) is 36.0 Å². The third-order valence-corrected chi connectivity index (χ3v) is 6.94. The number of likely N-dealkylation sites (N-methyl/N-ethyl adjacent to an activating group) is 1. The van der Waals surface area contributed by atoms with E-state index in [2.05, 4.69) is 15.0 Å². The van der Waals surface area contributed by atoms with Crippen molar-refractivity contribution in [1.82, 2.24) is 14.7 Å². The van der Waals surface area contributed by atoms with Gasteiger partial charge in [0.25, 0.3) is 0 Å². The largest absolute Gasteiger partial charge is 0.411 e. The van der Waals surface area contributed by atoms with Gasteiger partial charge < -0.3 is 19.9 Å². The number of oxime groups is 1. The Bertz CT molecular complexity index is 901. The van der Waals surface area contributed by atoms with Crippen molar-refractivity contribution in [3.05, 3.63) is 47.9 Å². The SMILES string of the molecule is CN1CC/C(=N/O)C2C=CN(CCCCN3CCC(C(=O)c4ccc(F)cc4)C3)C2C1=O. The number of nitrogens with zero attached hydrogens (tertiary/aromatic N) is 4. The van der Waals surface area contributed by atoms with Crippen LogP contribution in [-0.4, -0.2) is 83.1 Å². The van der Waals surface area contributed by atoms with Gasteiger partial charge in [0.1, 0.15) is 11.9 Å². The van der Waals surface area contributed by atoms with Gasteiger partial charge in [-0.15, -0.1) is 0 Å². The van der Waals surface area contributed by atoms with Crippen molar-refractivity contribution in [2.75, 3.05) is 39.8 Å². The summed E-state index contributed by atoms with van der Waals surface area (Å²) in [5.74, 6) is -0.350. The van der Waals surface area contributed by atoms with Gasteiger partial charge in [-0.3, -0.25) is 9.59 Å². The molecule has 32 heavy (non-hydrogen) atoms. The molecule has 3 atom stereocenters. The number of unbranched alkanes of at least 4 members (excludes halogenated alkanes) is 1. The summed E-state index contributed by atoms with van der Waals surface area (Å²) in [6, 6.07) is 5.48. The van der Waals surface area contributed by atoms with Crippen LogP contribution in [0.2, 0.25) is 0 Å². The standard InChI is InChI=1S/C24H31FN4O3/c1-27-13-10-21(26-32)20-9-15-29(22(20)24(27)31)12-3-2-11-28-14-8-18(16-28)23(30)17-4-6-19(25)7-5-17/h4-7,9,15,18,20,22,32H,2-3,8,10-14,16H2,1H3/b26-21-. The molecule has 0 aliphatic carbocycles. The number of carbonyl (C=O) groups is 2. The van der Waals surface area contributed by atoms with E-state index in [9.17, 15) is 19.2 Å². The van der Waals surface area contributed by atoms with Crippen LogP contribution in [0.5, 0.6) is 0 Å². The maximum Gasteiger partial charge on any atom is 0.246 e. The second kappa shape index (κ2) is 9.81. The molecule has 0 aromatic heterocycles. The van der Waals surface area contributed by atoms with Crippen molar-refractivity contribution in [3.8, 4) is 0 Å². The molecule has 8 heteroatoms. The summed E-state index contributed by atoms with van der Waals surface area (Å²) in [5, 5.41) is 12.8. The van der Waals surface area contributed by atoms with Crippen LogP contribution in [-0.2, 0) is 4.79 Å². The molecule has 0 bridgehead atoms. The average molecular weight is 443 g/mol. The van der Waals surface area contributed by atoms with Crippen LogP contribution in [0, 0.1) is 17.7 Å². The second-order valence-corrected chi connectivity index (χ2v) is 9.02. The highest BCUT2D eigenvalue weighted by Crippen LogP contribution is 2.29. The number of benzene rings is 1.